The molecule has 4 rings (SSSR count). The van der Waals surface area contributed by atoms with Crippen LogP contribution in [-0.2, 0) is 0 Å². The minimum Gasteiger partial charge on any atom is -0.0859 e. The fraction of sp³-hybridized carbons (Fsp3) is 0.793. The van der Waals surface area contributed by atoms with Crippen LogP contribution in [0.25, 0.3) is 0 Å². The molecular weight excluding hydrogens is 348 g/mol. The Morgan fingerprint density at radius 3 is 2.52 bits per heavy atom. The summed E-state index contributed by atoms with van der Waals surface area (Å²) in [5, 5.41) is 0. The van der Waals surface area contributed by atoms with E-state index >= 15 is 0 Å². The van der Waals surface area contributed by atoms with Gasteiger partial charge in [0.1, 0.15) is 0 Å². The highest BCUT2D eigenvalue weighted by molar-refractivity contribution is 5.49. The van der Waals surface area contributed by atoms with Gasteiger partial charge >= 0.3 is 0 Å². The molecule has 0 radical (unpaired) electrons. The highest BCUT2D eigenvalue weighted by Gasteiger charge is 2.56. The Kier molecular flexibility index (Phi) is 5.49. The number of rotatable bonds is 4. The van der Waals surface area contributed by atoms with Crippen molar-refractivity contribution in [3.8, 4) is 0 Å². The van der Waals surface area contributed by atoms with Gasteiger partial charge in [0.15, 0.2) is 0 Å². The first-order chi connectivity index (χ1) is 13.6. The van der Waals surface area contributed by atoms with Crippen LogP contribution in [0, 0.1) is 34.0 Å². The summed E-state index contributed by atoms with van der Waals surface area (Å²) < 4.78 is 0. The molecule has 0 nitrogen and oxygen atoms in total. The van der Waals surface area contributed by atoms with Crippen LogP contribution in [0.3, 0.4) is 0 Å². The molecule has 0 aromatic heterocycles. The predicted molar refractivity (Wildman–Crippen MR) is 127 cm³/mol. The summed E-state index contributed by atoms with van der Waals surface area (Å²) in [6, 6.07) is 0. The zero-order chi connectivity index (χ0) is 21.0. The lowest BCUT2D eigenvalue weighted by Gasteiger charge is -2.59. The normalized spacial score (nSPS) is 40.7. The molecule has 0 heterocycles. The van der Waals surface area contributed by atoms with Crippen LogP contribution in [0.2, 0.25) is 0 Å². The molecule has 162 valence electrons. The molecule has 29 heavy (non-hydrogen) atoms. The van der Waals surface area contributed by atoms with Crippen molar-refractivity contribution in [1.29, 1.82) is 0 Å². The average molecular weight is 395 g/mol. The van der Waals surface area contributed by atoms with Gasteiger partial charge in [-0.2, -0.15) is 0 Å². The Morgan fingerprint density at radius 2 is 1.79 bits per heavy atom. The molecule has 0 aromatic carbocycles. The zero-order valence-corrected chi connectivity index (χ0v) is 20.5. The van der Waals surface area contributed by atoms with E-state index in [1.165, 1.54) is 69.8 Å². The van der Waals surface area contributed by atoms with Crippen molar-refractivity contribution in [2.45, 2.75) is 113 Å². The van der Waals surface area contributed by atoms with E-state index in [4.69, 9.17) is 0 Å². The maximum absolute atomic E-state index is 2.69. The average Bonchev–Trinajstić information content (AvgIpc) is 2.99. The van der Waals surface area contributed by atoms with Crippen LogP contribution in [-0.4, -0.2) is 0 Å². The molecule has 0 amide bonds. The van der Waals surface area contributed by atoms with Gasteiger partial charge in [0.2, 0.25) is 0 Å². The van der Waals surface area contributed by atoms with Gasteiger partial charge in [-0.1, -0.05) is 57.9 Å². The summed E-state index contributed by atoms with van der Waals surface area (Å²) in [4.78, 5) is 0. The quantitative estimate of drug-likeness (QED) is 0.329. The summed E-state index contributed by atoms with van der Waals surface area (Å²) in [6.45, 7) is 17.4. The van der Waals surface area contributed by atoms with Gasteiger partial charge in [-0.25, -0.2) is 0 Å². The SMILES string of the molecule is CC(C)=CCCC[C@H]1CC=C2C3=C(CC[C@@]21C)[C@@]1(C)CC[C@H](C)C(C)(C)C1CC3. The third kappa shape index (κ3) is 3.32. The Morgan fingerprint density at radius 1 is 1.03 bits per heavy atom. The molecule has 1 fully saturated rings. The molecule has 4 aliphatic carbocycles. The summed E-state index contributed by atoms with van der Waals surface area (Å²) in [7, 11) is 0. The highest BCUT2D eigenvalue weighted by atomic mass is 14.6. The van der Waals surface area contributed by atoms with Gasteiger partial charge in [-0.3, -0.25) is 0 Å². The van der Waals surface area contributed by atoms with E-state index in [9.17, 15) is 0 Å². The first-order valence-corrected chi connectivity index (χ1v) is 12.7. The fourth-order valence-corrected chi connectivity index (χ4v) is 8.15. The Balaban J connectivity index is 1.57. The van der Waals surface area contributed by atoms with Crippen molar-refractivity contribution >= 4 is 0 Å². The lowest BCUT2D eigenvalue weighted by Crippen LogP contribution is -2.50. The number of hydrogen-bond donors (Lipinski definition) is 0. The molecule has 1 unspecified atom stereocenters. The standard InChI is InChI=1S/C29H46/c1-20(2)10-8-9-11-22-12-14-24-23-13-15-26-27(4,5)21(3)16-18-29(26,7)25(23)17-19-28(22,24)6/h10,14,21-22,26H,8-9,11-13,15-19H2,1-7H3/t21-,22-,26?,28+,29+/m0/s1. The van der Waals surface area contributed by atoms with Crippen molar-refractivity contribution in [1.82, 2.24) is 0 Å². The number of allylic oxidation sites excluding steroid dienone is 6. The van der Waals surface area contributed by atoms with Crippen LogP contribution in [0.4, 0.5) is 0 Å². The topological polar surface area (TPSA) is 0 Å². The summed E-state index contributed by atoms with van der Waals surface area (Å²) in [6.07, 6.45) is 18.9. The third-order valence-corrected chi connectivity index (χ3v) is 10.4. The largest absolute Gasteiger partial charge is 0.0859 e. The second-order valence-electron chi connectivity index (χ2n) is 12.4. The van der Waals surface area contributed by atoms with Crippen LogP contribution < -0.4 is 0 Å². The Hall–Kier alpha value is -0.780. The summed E-state index contributed by atoms with van der Waals surface area (Å²) in [5.41, 5.74) is 8.45. The zero-order valence-electron chi connectivity index (χ0n) is 20.5. The van der Waals surface area contributed by atoms with E-state index in [2.05, 4.69) is 60.6 Å². The van der Waals surface area contributed by atoms with Gasteiger partial charge < -0.3 is 0 Å². The van der Waals surface area contributed by atoms with Gasteiger partial charge in [-0.15, -0.1) is 0 Å². The molecule has 0 saturated heterocycles. The predicted octanol–water partition coefficient (Wildman–Crippen LogP) is 9.04. The molecule has 4 aliphatic rings. The van der Waals surface area contributed by atoms with E-state index in [-0.39, 0.29) is 0 Å². The molecule has 0 N–H and O–H groups in total. The highest BCUT2D eigenvalue weighted by Crippen LogP contribution is 2.67. The van der Waals surface area contributed by atoms with Gasteiger partial charge in [-0.05, 0) is 123 Å². The van der Waals surface area contributed by atoms with E-state index in [0.29, 0.717) is 16.2 Å². The monoisotopic (exact) mass is 394 g/mol. The van der Waals surface area contributed by atoms with Gasteiger partial charge in [0, 0.05) is 0 Å². The van der Waals surface area contributed by atoms with E-state index in [1.54, 1.807) is 0 Å². The van der Waals surface area contributed by atoms with Crippen LogP contribution in [0.15, 0.2) is 34.4 Å². The summed E-state index contributed by atoms with van der Waals surface area (Å²) in [5.74, 6) is 2.63. The second kappa shape index (κ2) is 7.42. The minimum absolute atomic E-state index is 0.463. The maximum atomic E-state index is 2.69. The Bertz CT molecular complexity index is 740. The summed E-state index contributed by atoms with van der Waals surface area (Å²) >= 11 is 0. The molecular formula is C29H46. The molecule has 0 bridgehead atoms. The fourth-order valence-electron chi connectivity index (χ4n) is 8.15. The molecule has 0 aromatic rings. The van der Waals surface area contributed by atoms with Crippen molar-refractivity contribution in [2.24, 2.45) is 34.0 Å². The lowest BCUT2D eigenvalue weighted by atomic mass is 9.45. The molecule has 0 heteroatoms. The van der Waals surface area contributed by atoms with Crippen LogP contribution >= 0.6 is 0 Å². The van der Waals surface area contributed by atoms with Crippen molar-refractivity contribution < 1.29 is 0 Å². The third-order valence-electron chi connectivity index (χ3n) is 10.4. The first kappa shape index (κ1) is 21.5. The molecule has 0 aliphatic heterocycles. The van der Waals surface area contributed by atoms with E-state index in [1.807, 2.05) is 16.7 Å². The smallest absolute Gasteiger partial charge is 0.00415 e. The number of unbranched alkanes of at least 4 members (excludes halogenated alkanes) is 1. The van der Waals surface area contributed by atoms with Crippen LogP contribution in [0.1, 0.15) is 113 Å². The number of fused-ring (bicyclic) bond motifs is 4. The molecule has 5 atom stereocenters. The van der Waals surface area contributed by atoms with Crippen molar-refractivity contribution in [3.05, 3.63) is 34.4 Å². The first-order valence-electron chi connectivity index (χ1n) is 12.7. The molecule has 1 saturated carbocycles. The van der Waals surface area contributed by atoms with Gasteiger partial charge in [0.05, 0.1) is 0 Å². The lowest BCUT2D eigenvalue weighted by molar-refractivity contribution is -0.0335. The minimum atomic E-state index is 0.463. The maximum Gasteiger partial charge on any atom is -0.00415 e. The Labute approximate surface area is 181 Å². The van der Waals surface area contributed by atoms with E-state index < -0.39 is 0 Å². The number of hydrogen-bond acceptors (Lipinski definition) is 0. The molecule has 0 spiro atoms. The van der Waals surface area contributed by atoms with Gasteiger partial charge in [0.25, 0.3) is 0 Å². The van der Waals surface area contributed by atoms with Crippen molar-refractivity contribution in [2.75, 3.05) is 0 Å². The van der Waals surface area contributed by atoms with Crippen molar-refractivity contribution in [3.63, 3.8) is 0 Å². The second-order valence-corrected chi connectivity index (χ2v) is 12.4. The van der Waals surface area contributed by atoms with E-state index in [0.717, 1.165) is 17.8 Å². The van der Waals surface area contributed by atoms with Crippen LogP contribution in [0.5, 0.6) is 0 Å².